The Kier molecular flexibility index (Phi) is 4.46. The number of thiazole rings is 1. The maximum absolute atomic E-state index is 12.3. The second-order valence-corrected chi connectivity index (χ2v) is 8.00. The van der Waals surface area contributed by atoms with Crippen molar-refractivity contribution in [3.05, 3.63) is 4.88 Å². The average Bonchev–Trinajstić information content (AvgIpc) is 2.66. The lowest BCUT2D eigenvalue weighted by atomic mass is 9.67. The number of hydrogen-bond donors (Lipinski definition) is 3. The molecule has 1 aliphatic carbocycles. The van der Waals surface area contributed by atoms with Gasteiger partial charge in [0.15, 0.2) is 5.13 Å². The largest absolute Gasteiger partial charge is 0.382 e. The van der Waals surface area contributed by atoms with Gasteiger partial charge in [0.2, 0.25) is 0 Å². The van der Waals surface area contributed by atoms with Crippen molar-refractivity contribution in [1.82, 2.24) is 10.3 Å². The molecule has 118 valence electrons. The average molecular weight is 310 g/mol. The van der Waals surface area contributed by atoms with E-state index < -0.39 is 0 Å². The lowest BCUT2D eigenvalue weighted by Gasteiger charge is -2.41. The first-order valence-electron chi connectivity index (χ1n) is 7.57. The van der Waals surface area contributed by atoms with Crippen LogP contribution >= 0.6 is 11.3 Å². The molecule has 1 aliphatic rings. The number of carbonyl (C=O) groups is 1. The van der Waals surface area contributed by atoms with Crippen LogP contribution in [0, 0.1) is 5.41 Å². The number of amides is 1. The molecular formula is C15H26N4OS. The SMILES string of the molecule is CCC1(CNC(=O)c2sc(NC(C)(C)C)nc2N)CCC1. The monoisotopic (exact) mass is 310 g/mol. The number of carbonyl (C=O) groups excluding carboxylic acids is 1. The van der Waals surface area contributed by atoms with Crippen LogP contribution in [-0.2, 0) is 0 Å². The maximum atomic E-state index is 12.3. The number of nitrogens with zero attached hydrogens (tertiary/aromatic N) is 1. The predicted octanol–water partition coefficient (Wildman–Crippen LogP) is 3.25. The molecule has 4 N–H and O–H groups in total. The number of anilines is 2. The van der Waals surface area contributed by atoms with Gasteiger partial charge in [0.25, 0.3) is 5.91 Å². The predicted molar refractivity (Wildman–Crippen MR) is 88.8 cm³/mol. The number of rotatable bonds is 5. The van der Waals surface area contributed by atoms with Gasteiger partial charge in [-0.25, -0.2) is 4.98 Å². The van der Waals surface area contributed by atoms with Crippen LogP contribution in [0.3, 0.4) is 0 Å². The number of nitrogens with two attached hydrogens (primary N) is 1. The van der Waals surface area contributed by atoms with Gasteiger partial charge in [0.05, 0.1) is 0 Å². The summed E-state index contributed by atoms with van der Waals surface area (Å²) < 4.78 is 0. The highest BCUT2D eigenvalue weighted by Gasteiger charge is 2.35. The molecule has 1 amide bonds. The van der Waals surface area contributed by atoms with Crippen molar-refractivity contribution in [3.8, 4) is 0 Å². The van der Waals surface area contributed by atoms with E-state index in [4.69, 9.17) is 5.73 Å². The lowest BCUT2D eigenvalue weighted by molar-refractivity contribution is 0.0854. The molecule has 1 heterocycles. The molecule has 0 spiro atoms. The van der Waals surface area contributed by atoms with Gasteiger partial charge in [0.1, 0.15) is 10.7 Å². The van der Waals surface area contributed by atoms with Crippen molar-refractivity contribution in [1.29, 1.82) is 0 Å². The van der Waals surface area contributed by atoms with E-state index >= 15 is 0 Å². The molecular weight excluding hydrogens is 284 g/mol. The van der Waals surface area contributed by atoms with E-state index in [2.05, 4.69) is 22.5 Å². The summed E-state index contributed by atoms with van der Waals surface area (Å²) in [4.78, 5) is 17.0. The summed E-state index contributed by atoms with van der Waals surface area (Å²) in [6, 6.07) is 0. The Morgan fingerprint density at radius 2 is 2.10 bits per heavy atom. The van der Waals surface area contributed by atoms with Crippen molar-refractivity contribution >= 4 is 28.2 Å². The van der Waals surface area contributed by atoms with Crippen LogP contribution in [0.1, 0.15) is 63.0 Å². The second kappa shape index (κ2) is 5.83. The van der Waals surface area contributed by atoms with Crippen LogP contribution in [0.15, 0.2) is 0 Å². The highest BCUT2D eigenvalue weighted by molar-refractivity contribution is 7.18. The first-order valence-corrected chi connectivity index (χ1v) is 8.39. The molecule has 0 aliphatic heterocycles. The van der Waals surface area contributed by atoms with E-state index in [0.717, 1.165) is 13.0 Å². The van der Waals surface area contributed by atoms with Crippen LogP contribution in [0.5, 0.6) is 0 Å². The fourth-order valence-electron chi connectivity index (χ4n) is 2.55. The van der Waals surface area contributed by atoms with Gasteiger partial charge in [-0.3, -0.25) is 4.79 Å². The standard InChI is InChI=1S/C15H26N4OS/c1-5-15(7-6-8-15)9-17-12(20)10-11(16)18-13(21-10)19-14(2,3)4/h5-9,16H2,1-4H3,(H,17,20)(H,18,19). The summed E-state index contributed by atoms with van der Waals surface area (Å²) in [5.74, 6) is 0.204. The van der Waals surface area contributed by atoms with E-state index in [-0.39, 0.29) is 11.4 Å². The van der Waals surface area contributed by atoms with E-state index in [9.17, 15) is 4.79 Å². The Balaban J connectivity index is 1.99. The number of nitrogen functional groups attached to an aromatic ring is 1. The molecule has 1 aromatic rings. The molecule has 6 heteroatoms. The van der Waals surface area contributed by atoms with Gasteiger partial charge in [-0.2, -0.15) is 0 Å². The van der Waals surface area contributed by atoms with Gasteiger partial charge in [0, 0.05) is 12.1 Å². The third kappa shape index (κ3) is 3.87. The number of aromatic nitrogens is 1. The molecule has 21 heavy (non-hydrogen) atoms. The van der Waals surface area contributed by atoms with Crippen LogP contribution in [0.25, 0.3) is 0 Å². The number of nitrogens with one attached hydrogen (secondary N) is 2. The summed E-state index contributed by atoms with van der Waals surface area (Å²) in [5.41, 5.74) is 6.08. The van der Waals surface area contributed by atoms with Crippen LogP contribution in [-0.4, -0.2) is 23.0 Å². The lowest BCUT2D eigenvalue weighted by Crippen LogP contribution is -2.41. The summed E-state index contributed by atoms with van der Waals surface area (Å²) in [7, 11) is 0. The van der Waals surface area contributed by atoms with E-state index in [1.54, 1.807) is 0 Å². The molecule has 0 unspecified atom stereocenters. The molecule has 0 atom stereocenters. The van der Waals surface area contributed by atoms with Crippen molar-refractivity contribution in [2.24, 2.45) is 5.41 Å². The Morgan fingerprint density at radius 3 is 2.57 bits per heavy atom. The Hall–Kier alpha value is -1.30. The molecule has 0 bridgehead atoms. The fourth-order valence-corrected chi connectivity index (χ4v) is 3.56. The Morgan fingerprint density at radius 1 is 1.43 bits per heavy atom. The molecule has 1 saturated carbocycles. The maximum Gasteiger partial charge on any atom is 0.265 e. The fraction of sp³-hybridized carbons (Fsp3) is 0.733. The third-order valence-electron chi connectivity index (χ3n) is 4.13. The van der Waals surface area contributed by atoms with Crippen molar-refractivity contribution < 1.29 is 4.79 Å². The van der Waals surface area contributed by atoms with Crippen LogP contribution in [0.2, 0.25) is 0 Å². The van der Waals surface area contributed by atoms with E-state index in [1.165, 1.54) is 30.6 Å². The summed E-state index contributed by atoms with van der Waals surface area (Å²) >= 11 is 1.32. The molecule has 0 aromatic carbocycles. The van der Waals surface area contributed by atoms with Gasteiger partial charge >= 0.3 is 0 Å². The summed E-state index contributed by atoms with van der Waals surface area (Å²) in [6.45, 7) is 9.07. The molecule has 0 saturated heterocycles. The minimum absolute atomic E-state index is 0.101. The van der Waals surface area contributed by atoms with E-state index in [0.29, 0.717) is 21.2 Å². The summed E-state index contributed by atoms with van der Waals surface area (Å²) in [6.07, 6.45) is 4.80. The van der Waals surface area contributed by atoms with Crippen molar-refractivity contribution in [2.45, 2.75) is 58.9 Å². The molecule has 2 rings (SSSR count). The zero-order valence-electron chi connectivity index (χ0n) is 13.4. The zero-order chi connectivity index (χ0) is 15.7. The molecule has 0 radical (unpaired) electrons. The highest BCUT2D eigenvalue weighted by atomic mass is 32.1. The van der Waals surface area contributed by atoms with Crippen molar-refractivity contribution in [3.63, 3.8) is 0 Å². The topological polar surface area (TPSA) is 80.0 Å². The zero-order valence-corrected chi connectivity index (χ0v) is 14.2. The summed E-state index contributed by atoms with van der Waals surface area (Å²) in [5, 5.41) is 6.98. The van der Waals surface area contributed by atoms with E-state index in [1.807, 2.05) is 20.8 Å². The van der Waals surface area contributed by atoms with Crippen LogP contribution in [0.4, 0.5) is 10.9 Å². The minimum atomic E-state index is -0.105. The van der Waals surface area contributed by atoms with Gasteiger partial charge < -0.3 is 16.4 Å². The first kappa shape index (κ1) is 16.1. The van der Waals surface area contributed by atoms with Gasteiger partial charge in [-0.15, -0.1) is 0 Å². The smallest absolute Gasteiger partial charge is 0.265 e. The van der Waals surface area contributed by atoms with Gasteiger partial charge in [-0.1, -0.05) is 24.7 Å². The molecule has 1 aromatic heterocycles. The second-order valence-electron chi connectivity index (χ2n) is 7.00. The normalized spacial score (nSPS) is 17.1. The quantitative estimate of drug-likeness (QED) is 0.780. The molecule has 5 nitrogen and oxygen atoms in total. The van der Waals surface area contributed by atoms with Crippen molar-refractivity contribution in [2.75, 3.05) is 17.6 Å². The Labute approximate surface area is 130 Å². The van der Waals surface area contributed by atoms with Gasteiger partial charge in [-0.05, 0) is 45.4 Å². The first-order chi connectivity index (χ1) is 9.75. The number of hydrogen-bond acceptors (Lipinski definition) is 5. The molecule has 1 fully saturated rings. The highest BCUT2D eigenvalue weighted by Crippen LogP contribution is 2.43. The van der Waals surface area contributed by atoms with Crippen LogP contribution < -0.4 is 16.4 Å². The Bertz CT molecular complexity index is 509. The third-order valence-corrected chi connectivity index (χ3v) is 5.12. The minimum Gasteiger partial charge on any atom is -0.382 e.